The molecule has 12 heteroatoms. The molecule has 4 N–H and O–H groups in total. The van der Waals surface area contributed by atoms with Crippen molar-refractivity contribution in [1.29, 1.82) is 0 Å². The van der Waals surface area contributed by atoms with E-state index >= 15 is 0 Å². The first-order chi connectivity index (χ1) is 20.4. The number of para-hydroxylation sites is 1. The van der Waals surface area contributed by atoms with Gasteiger partial charge in [-0.2, -0.15) is 0 Å². The van der Waals surface area contributed by atoms with E-state index in [1.807, 2.05) is 30.3 Å². The third kappa shape index (κ3) is 10.3. The van der Waals surface area contributed by atoms with Crippen LogP contribution >= 0.6 is 36.4 Å². The fourth-order valence-corrected chi connectivity index (χ4v) is 4.64. The van der Waals surface area contributed by atoms with Crippen molar-refractivity contribution in [2.75, 3.05) is 26.3 Å². The topological polar surface area (TPSA) is 130 Å². The molecule has 44 heavy (non-hydrogen) atoms. The second kappa shape index (κ2) is 18.4. The van der Waals surface area contributed by atoms with E-state index in [0.717, 1.165) is 5.56 Å². The zero-order chi connectivity index (χ0) is 29.9. The van der Waals surface area contributed by atoms with E-state index in [1.165, 1.54) is 0 Å². The highest BCUT2D eigenvalue weighted by Gasteiger charge is 2.16. The first kappa shape index (κ1) is 36.8. The highest BCUT2D eigenvalue weighted by atomic mass is 35.5. The number of aliphatic hydroxyl groups is 2. The smallest absolute Gasteiger partial charge is 0.307 e. The van der Waals surface area contributed by atoms with Crippen LogP contribution in [-0.2, 0) is 16.0 Å². The summed E-state index contributed by atoms with van der Waals surface area (Å²) >= 11 is 6.02. The van der Waals surface area contributed by atoms with Crippen LogP contribution in [0.1, 0.15) is 40.9 Å². The van der Waals surface area contributed by atoms with Gasteiger partial charge in [-0.3, -0.25) is 14.6 Å². The number of halogens is 3. The lowest BCUT2D eigenvalue weighted by molar-refractivity contribution is -0.142. The number of aliphatic hydroxyl groups excluding tert-OH is 2. The van der Waals surface area contributed by atoms with Crippen molar-refractivity contribution in [3.63, 3.8) is 0 Å². The van der Waals surface area contributed by atoms with Crippen molar-refractivity contribution in [2.24, 2.45) is 0 Å². The molecule has 0 radical (unpaired) electrons. The van der Waals surface area contributed by atoms with Gasteiger partial charge in [-0.05, 0) is 66.9 Å². The molecule has 9 nitrogen and oxygen atoms in total. The van der Waals surface area contributed by atoms with Gasteiger partial charge in [0.15, 0.2) is 0 Å². The maximum absolute atomic E-state index is 12.8. The molecule has 0 aliphatic carbocycles. The summed E-state index contributed by atoms with van der Waals surface area (Å²) in [6.07, 6.45) is 1.46. The summed E-state index contributed by atoms with van der Waals surface area (Å²) in [5.74, 6) is 0.427. The molecule has 4 aromatic rings. The van der Waals surface area contributed by atoms with Crippen LogP contribution in [0.5, 0.6) is 11.5 Å². The van der Waals surface area contributed by atoms with Gasteiger partial charge in [0, 0.05) is 35.7 Å². The molecule has 0 spiro atoms. The Labute approximate surface area is 273 Å². The van der Waals surface area contributed by atoms with E-state index in [4.69, 9.17) is 21.1 Å². The third-order valence-electron chi connectivity index (χ3n) is 6.58. The van der Waals surface area contributed by atoms with Crippen molar-refractivity contribution >= 4 is 59.2 Å². The lowest BCUT2D eigenvalue weighted by Crippen LogP contribution is -2.37. The zero-order valence-electron chi connectivity index (χ0n) is 24.1. The fraction of sp³-hybridized carbons (Fsp3) is 0.281. The van der Waals surface area contributed by atoms with Gasteiger partial charge < -0.3 is 30.3 Å². The van der Waals surface area contributed by atoms with Gasteiger partial charge in [-0.1, -0.05) is 41.9 Å². The standard InChI is InChI=1S/C32H34ClN3O6.2ClH/c1-2-41-30(39)14-16-35-32(40)27-8-4-7-26-29(13-15-34-31(26)27)42-25-11-9-21(10-12-25)17-24(20-37)36-19-28(38)22-5-3-6-23(33)18-22;;/h3-13,15,18,24,28,36-38H,2,14,16-17,19-20H2,1H3,(H,35,40);2*1H/t24-,28-;;/m0../s1. The highest BCUT2D eigenvalue weighted by Crippen LogP contribution is 2.30. The zero-order valence-corrected chi connectivity index (χ0v) is 26.5. The average molecular weight is 665 g/mol. The number of nitrogens with one attached hydrogen (secondary N) is 2. The van der Waals surface area contributed by atoms with E-state index in [-0.39, 0.29) is 68.8 Å². The number of benzene rings is 3. The second-order valence-electron chi connectivity index (χ2n) is 9.63. The van der Waals surface area contributed by atoms with Crippen LogP contribution in [0.3, 0.4) is 0 Å². The minimum atomic E-state index is -0.750. The predicted molar refractivity (Wildman–Crippen MR) is 175 cm³/mol. The van der Waals surface area contributed by atoms with Gasteiger partial charge in [-0.25, -0.2) is 0 Å². The van der Waals surface area contributed by atoms with Gasteiger partial charge in [-0.15, -0.1) is 24.8 Å². The molecule has 0 bridgehead atoms. The summed E-state index contributed by atoms with van der Waals surface area (Å²) in [5.41, 5.74) is 2.54. The molecule has 236 valence electrons. The molecule has 3 aromatic carbocycles. The van der Waals surface area contributed by atoms with Gasteiger partial charge in [0.1, 0.15) is 11.5 Å². The van der Waals surface area contributed by atoms with Crippen LogP contribution < -0.4 is 15.4 Å². The number of carbonyl (C=O) groups excluding carboxylic acids is 2. The number of amides is 1. The maximum atomic E-state index is 12.8. The van der Waals surface area contributed by atoms with Gasteiger partial charge in [0.2, 0.25) is 0 Å². The Kier molecular flexibility index (Phi) is 15.4. The van der Waals surface area contributed by atoms with E-state index in [9.17, 15) is 19.8 Å². The van der Waals surface area contributed by atoms with Gasteiger partial charge in [0.25, 0.3) is 5.91 Å². The number of ether oxygens (including phenoxy) is 2. The Bertz CT molecular complexity index is 1510. The quantitative estimate of drug-likeness (QED) is 0.131. The molecule has 1 heterocycles. The van der Waals surface area contributed by atoms with Crippen LogP contribution in [-0.4, -0.2) is 59.4 Å². The van der Waals surface area contributed by atoms with Crippen LogP contribution in [0.15, 0.2) is 79.0 Å². The van der Waals surface area contributed by atoms with Crippen molar-refractivity contribution in [3.05, 3.63) is 101 Å². The first-order valence-corrected chi connectivity index (χ1v) is 14.1. The van der Waals surface area contributed by atoms with Crippen LogP contribution in [0.4, 0.5) is 0 Å². The predicted octanol–water partition coefficient (Wildman–Crippen LogP) is 5.43. The second-order valence-corrected chi connectivity index (χ2v) is 10.1. The Morgan fingerprint density at radius 3 is 2.48 bits per heavy atom. The van der Waals surface area contributed by atoms with Crippen molar-refractivity contribution in [3.8, 4) is 11.5 Å². The Morgan fingerprint density at radius 1 is 1.02 bits per heavy atom. The van der Waals surface area contributed by atoms with E-state index in [2.05, 4.69) is 15.6 Å². The molecule has 4 rings (SSSR count). The van der Waals surface area contributed by atoms with Gasteiger partial charge in [0.05, 0.1) is 36.8 Å². The molecular weight excluding hydrogens is 629 g/mol. The first-order valence-electron chi connectivity index (χ1n) is 13.7. The fourth-order valence-electron chi connectivity index (χ4n) is 4.45. The summed E-state index contributed by atoms with van der Waals surface area (Å²) in [7, 11) is 0. The molecule has 2 atom stereocenters. The molecule has 0 saturated heterocycles. The normalized spacial score (nSPS) is 11.9. The summed E-state index contributed by atoms with van der Waals surface area (Å²) in [4.78, 5) is 28.8. The lowest BCUT2D eigenvalue weighted by Gasteiger charge is -2.19. The SMILES string of the molecule is CCOC(=O)CCNC(=O)c1cccc2c(Oc3ccc(C[C@@H](CO)NC[C@H](O)c4cccc(Cl)c4)cc3)ccnc12.Cl.Cl. The maximum Gasteiger partial charge on any atom is 0.307 e. The van der Waals surface area contributed by atoms with Crippen molar-refractivity contribution in [1.82, 2.24) is 15.6 Å². The minimum absolute atomic E-state index is 0. The number of aromatic nitrogens is 1. The summed E-state index contributed by atoms with van der Waals surface area (Å²) < 4.78 is 11.0. The van der Waals surface area contributed by atoms with E-state index in [0.29, 0.717) is 51.6 Å². The molecule has 0 unspecified atom stereocenters. The molecular formula is C32H36Cl3N3O6. The van der Waals surface area contributed by atoms with Gasteiger partial charge >= 0.3 is 5.97 Å². The Balaban J connectivity index is 0.00000337. The number of carbonyl (C=O) groups is 2. The molecule has 0 saturated carbocycles. The molecule has 1 aromatic heterocycles. The minimum Gasteiger partial charge on any atom is -0.466 e. The Morgan fingerprint density at radius 2 is 1.77 bits per heavy atom. The van der Waals surface area contributed by atoms with E-state index in [1.54, 1.807) is 55.6 Å². The van der Waals surface area contributed by atoms with Crippen LogP contribution in [0.25, 0.3) is 10.9 Å². The number of esters is 1. The van der Waals surface area contributed by atoms with Crippen LogP contribution in [0, 0.1) is 0 Å². The highest BCUT2D eigenvalue weighted by molar-refractivity contribution is 6.30. The third-order valence-corrected chi connectivity index (χ3v) is 6.82. The largest absolute Gasteiger partial charge is 0.466 e. The van der Waals surface area contributed by atoms with E-state index < -0.39 is 6.10 Å². The monoisotopic (exact) mass is 663 g/mol. The number of rotatable bonds is 14. The molecule has 0 fully saturated rings. The molecule has 0 aliphatic rings. The average Bonchev–Trinajstić information content (AvgIpc) is 3.00. The van der Waals surface area contributed by atoms with Crippen LogP contribution in [0.2, 0.25) is 5.02 Å². The molecule has 0 aliphatic heterocycles. The number of nitrogens with zero attached hydrogens (tertiary/aromatic N) is 1. The number of fused-ring (bicyclic) bond motifs is 1. The number of pyridine rings is 1. The Hall–Kier alpha value is -3.44. The number of hydrogen-bond acceptors (Lipinski definition) is 8. The lowest BCUT2D eigenvalue weighted by atomic mass is 10.0. The molecule has 1 amide bonds. The summed E-state index contributed by atoms with van der Waals surface area (Å²) in [6.45, 7) is 2.36. The summed E-state index contributed by atoms with van der Waals surface area (Å²) in [5, 5.41) is 27.5. The van der Waals surface area contributed by atoms with Crippen molar-refractivity contribution < 1.29 is 29.3 Å². The summed E-state index contributed by atoms with van der Waals surface area (Å²) in [6, 6.07) is 21.3. The van der Waals surface area contributed by atoms with Crippen molar-refractivity contribution in [2.45, 2.75) is 31.9 Å². The number of hydrogen-bond donors (Lipinski definition) is 4.